The molecule has 2 amide bonds. The molecule has 0 saturated heterocycles. The maximum Gasteiger partial charge on any atom is 0.337 e. The van der Waals surface area contributed by atoms with Crippen molar-refractivity contribution in [2.45, 2.75) is 25.8 Å². The van der Waals surface area contributed by atoms with Gasteiger partial charge in [0, 0.05) is 23.8 Å². The van der Waals surface area contributed by atoms with Gasteiger partial charge in [-0.05, 0) is 54.7 Å². The molecule has 158 valence electrons. The third kappa shape index (κ3) is 4.49. The number of aromatic nitrogens is 1. The van der Waals surface area contributed by atoms with E-state index in [1.165, 1.54) is 24.6 Å². The summed E-state index contributed by atoms with van der Waals surface area (Å²) in [6.45, 7) is 0.306. The van der Waals surface area contributed by atoms with Crippen molar-refractivity contribution in [3.63, 3.8) is 0 Å². The van der Waals surface area contributed by atoms with Crippen LogP contribution in [0, 0.1) is 0 Å². The van der Waals surface area contributed by atoms with Crippen LogP contribution < -0.4 is 10.6 Å². The fraction of sp³-hybridized carbons (Fsp3) is 0.217. The molecule has 0 unspecified atom stereocenters. The van der Waals surface area contributed by atoms with E-state index in [2.05, 4.69) is 15.6 Å². The first-order valence-electron chi connectivity index (χ1n) is 9.88. The van der Waals surface area contributed by atoms with Crippen LogP contribution in [-0.4, -0.2) is 29.9 Å². The van der Waals surface area contributed by atoms with Crippen molar-refractivity contribution in [3.8, 4) is 0 Å². The van der Waals surface area contributed by atoms with Crippen molar-refractivity contribution in [3.05, 3.63) is 81.5 Å². The zero-order valence-corrected chi connectivity index (χ0v) is 17.8. The SMILES string of the molecule is COC(=O)c1ccc(CNC(=O)c2c(NC(=O)c3cccnc3)sc3c2CCC3)cc1. The molecule has 31 heavy (non-hydrogen) atoms. The second-order valence-electron chi connectivity index (χ2n) is 7.13. The molecule has 2 aromatic heterocycles. The van der Waals surface area contributed by atoms with Crippen molar-refractivity contribution in [1.82, 2.24) is 10.3 Å². The lowest BCUT2D eigenvalue weighted by Crippen LogP contribution is -2.25. The van der Waals surface area contributed by atoms with Gasteiger partial charge in [-0.15, -0.1) is 11.3 Å². The standard InChI is InChI=1S/C23H21N3O4S/c1-30-23(29)15-9-7-14(8-10-15)12-25-21(28)19-17-5-2-6-18(17)31-22(19)26-20(27)16-4-3-11-24-13-16/h3-4,7-11,13H,2,5-6,12H2,1H3,(H,25,28)(H,26,27). The fourth-order valence-corrected chi connectivity index (χ4v) is 4.83. The molecule has 3 aromatic rings. The Hall–Kier alpha value is -3.52. The monoisotopic (exact) mass is 435 g/mol. The molecule has 0 radical (unpaired) electrons. The molecule has 2 heterocycles. The lowest BCUT2D eigenvalue weighted by Gasteiger charge is -2.10. The topological polar surface area (TPSA) is 97.4 Å². The van der Waals surface area contributed by atoms with Gasteiger partial charge in [0.2, 0.25) is 0 Å². The van der Waals surface area contributed by atoms with Crippen LogP contribution in [0.25, 0.3) is 0 Å². The third-order valence-corrected chi connectivity index (χ3v) is 6.33. The molecule has 0 saturated carbocycles. The number of carbonyl (C=O) groups excluding carboxylic acids is 3. The number of nitrogens with one attached hydrogen (secondary N) is 2. The summed E-state index contributed by atoms with van der Waals surface area (Å²) in [5, 5.41) is 6.39. The summed E-state index contributed by atoms with van der Waals surface area (Å²) in [5.74, 6) is -0.920. The normalized spacial score (nSPS) is 12.2. The number of esters is 1. The number of aryl methyl sites for hydroxylation is 1. The largest absolute Gasteiger partial charge is 0.465 e. The molecule has 0 bridgehead atoms. The van der Waals surface area contributed by atoms with E-state index < -0.39 is 5.97 Å². The summed E-state index contributed by atoms with van der Waals surface area (Å²) in [5.41, 5.74) is 3.31. The Kier molecular flexibility index (Phi) is 6.08. The lowest BCUT2D eigenvalue weighted by molar-refractivity contribution is 0.0600. The zero-order chi connectivity index (χ0) is 21.8. The molecule has 1 aromatic carbocycles. The van der Waals surface area contributed by atoms with Gasteiger partial charge in [-0.2, -0.15) is 0 Å². The number of hydrogen-bond acceptors (Lipinski definition) is 6. The molecule has 1 aliphatic rings. The number of ether oxygens (including phenoxy) is 1. The number of methoxy groups -OCH3 is 1. The van der Waals surface area contributed by atoms with E-state index in [0.29, 0.717) is 28.2 Å². The molecule has 7 nitrogen and oxygen atoms in total. The van der Waals surface area contributed by atoms with Crippen molar-refractivity contribution in [1.29, 1.82) is 0 Å². The second-order valence-corrected chi connectivity index (χ2v) is 8.23. The van der Waals surface area contributed by atoms with E-state index in [0.717, 1.165) is 35.3 Å². The van der Waals surface area contributed by atoms with Crippen LogP contribution in [-0.2, 0) is 24.1 Å². The number of carbonyl (C=O) groups is 3. The van der Waals surface area contributed by atoms with E-state index in [4.69, 9.17) is 4.74 Å². The molecule has 0 aliphatic heterocycles. The summed E-state index contributed by atoms with van der Waals surface area (Å²) in [7, 11) is 1.33. The van der Waals surface area contributed by atoms with Crippen molar-refractivity contribution in [2.75, 3.05) is 12.4 Å². The number of amides is 2. The first-order chi connectivity index (χ1) is 15.1. The molecule has 4 rings (SSSR count). The van der Waals surface area contributed by atoms with Gasteiger partial charge in [-0.3, -0.25) is 14.6 Å². The average Bonchev–Trinajstić information content (AvgIpc) is 3.38. The molecular weight excluding hydrogens is 414 g/mol. The van der Waals surface area contributed by atoms with E-state index in [1.54, 1.807) is 42.6 Å². The smallest absolute Gasteiger partial charge is 0.337 e. The highest BCUT2D eigenvalue weighted by Gasteiger charge is 2.27. The van der Waals surface area contributed by atoms with Gasteiger partial charge in [-0.1, -0.05) is 12.1 Å². The molecule has 0 atom stereocenters. The van der Waals surface area contributed by atoms with Gasteiger partial charge in [0.25, 0.3) is 11.8 Å². The van der Waals surface area contributed by atoms with Crippen LogP contribution in [0.15, 0.2) is 48.8 Å². The lowest BCUT2D eigenvalue weighted by atomic mass is 10.1. The third-order valence-electron chi connectivity index (χ3n) is 5.13. The highest BCUT2D eigenvalue weighted by molar-refractivity contribution is 7.17. The average molecular weight is 436 g/mol. The number of hydrogen-bond donors (Lipinski definition) is 2. The van der Waals surface area contributed by atoms with Gasteiger partial charge in [-0.25, -0.2) is 4.79 Å². The number of thiophene rings is 1. The van der Waals surface area contributed by atoms with E-state index >= 15 is 0 Å². The molecule has 2 N–H and O–H groups in total. The van der Waals surface area contributed by atoms with Gasteiger partial charge in [0.05, 0.1) is 23.8 Å². The maximum atomic E-state index is 13.1. The van der Waals surface area contributed by atoms with Crippen molar-refractivity contribution >= 4 is 34.1 Å². The Balaban J connectivity index is 1.50. The Bertz CT molecular complexity index is 1120. The number of nitrogens with zero attached hydrogens (tertiary/aromatic N) is 1. The van der Waals surface area contributed by atoms with Crippen molar-refractivity contribution in [2.24, 2.45) is 0 Å². The van der Waals surface area contributed by atoms with Crippen LogP contribution in [0.4, 0.5) is 5.00 Å². The van der Waals surface area contributed by atoms with E-state index in [1.807, 2.05) is 0 Å². The summed E-state index contributed by atoms with van der Waals surface area (Å²) in [6, 6.07) is 10.2. The number of benzene rings is 1. The van der Waals surface area contributed by atoms with E-state index in [-0.39, 0.29) is 11.8 Å². The predicted octanol–water partition coefficient (Wildman–Crippen LogP) is 3.60. The number of rotatable bonds is 6. The van der Waals surface area contributed by atoms with Gasteiger partial charge < -0.3 is 15.4 Å². The summed E-state index contributed by atoms with van der Waals surface area (Å²) >= 11 is 1.46. The fourth-order valence-electron chi connectivity index (χ4n) is 3.55. The summed E-state index contributed by atoms with van der Waals surface area (Å²) < 4.78 is 4.70. The minimum atomic E-state index is -0.404. The molecule has 1 aliphatic carbocycles. The zero-order valence-electron chi connectivity index (χ0n) is 16.9. The van der Waals surface area contributed by atoms with Gasteiger partial charge in [0.1, 0.15) is 5.00 Å². The van der Waals surface area contributed by atoms with Crippen LogP contribution in [0.2, 0.25) is 0 Å². The van der Waals surface area contributed by atoms with Crippen LogP contribution in [0.3, 0.4) is 0 Å². The van der Waals surface area contributed by atoms with Crippen LogP contribution >= 0.6 is 11.3 Å². The molecule has 0 spiro atoms. The number of anilines is 1. The maximum absolute atomic E-state index is 13.1. The molecular formula is C23H21N3O4S. The van der Waals surface area contributed by atoms with Crippen LogP contribution in [0.5, 0.6) is 0 Å². The van der Waals surface area contributed by atoms with Gasteiger partial charge >= 0.3 is 5.97 Å². The number of fused-ring (bicyclic) bond motifs is 1. The Morgan fingerprint density at radius 1 is 1.06 bits per heavy atom. The quantitative estimate of drug-likeness (QED) is 0.577. The Morgan fingerprint density at radius 2 is 1.87 bits per heavy atom. The Morgan fingerprint density at radius 3 is 2.58 bits per heavy atom. The second kappa shape index (κ2) is 9.09. The minimum absolute atomic E-state index is 0.224. The summed E-state index contributed by atoms with van der Waals surface area (Å²) in [4.78, 5) is 42.3. The highest BCUT2D eigenvalue weighted by Crippen LogP contribution is 2.39. The van der Waals surface area contributed by atoms with Crippen molar-refractivity contribution < 1.29 is 19.1 Å². The summed E-state index contributed by atoms with van der Waals surface area (Å²) in [6.07, 6.45) is 5.85. The molecule has 0 fully saturated rings. The Labute approximate surface area is 183 Å². The molecule has 8 heteroatoms. The van der Waals surface area contributed by atoms with Crippen LogP contribution in [0.1, 0.15) is 53.5 Å². The first-order valence-corrected chi connectivity index (χ1v) is 10.7. The number of pyridine rings is 1. The first kappa shape index (κ1) is 20.7. The van der Waals surface area contributed by atoms with Gasteiger partial charge in [0.15, 0.2) is 0 Å². The highest BCUT2D eigenvalue weighted by atomic mass is 32.1. The minimum Gasteiger partial charge on any atom is -0.465 e. The predicted molar refractivity (Wildman–Crippen MR) is 117 cm³/mol. The van der Waals surface area contributed by atoms with E-state index in [9.17, 15) is 14.4 Å².